The van der Waals surface area contributed by atoms with Gasteiger partial charge in [0.25, 0.3) is 0 Å². The normalized spacial score (nSPS) is 10.8. The van der Waals surface area contributed by atoms with Crippen LogP contribution < -0.4 is 9.47 Å². The summed E-state index contributed by atoms with van der Waals surface area (Å²) in [6.45, 7) is 2.18. The molecule has 2 rings (SSSR count). The molecule has 0 amide bonds. The molecule has 0 atom stereocenters. The Morgan fingerprint density at radius 2 is 2.04 bits per heavy atom. The lowest BCUT2D eigenvalue weighted by Gasteiger charge is -2.13. The standard InChI is InChI=1S/C18H16ClFO4/c1-2-23-17-10-12(7-9-18(21)22)6-8-16(17)24-11-13-14(19)4-3-5-15(13)20/h3-10H,2,11H2,1H3,(H,21,22)/b9-7+. The third kappa shape index (κ3) is 4.73. The number of aliphatic carboxylic acids is 1. The Bertz CT molecular complexity index is 738. The molecule has 6 heteroatoms. The Morgan fingerprint density at radius 3 is 2.71 bits per heavy atom. The number of ether oxygens (including phenoxy) is 2. The molecule has 24 heavy (non-hydrogen) atoms. The van der Waals surface area contributed by atoms with Crippen LogP contribution in [0.4, 0.5) is 4.39 Å². The number of hydrogen-bond acceptors (Lipinski definition) is 3. The fourth-order valence-corrected chi connectivity index (χ4v) is 2.22. The highest BCUT2D eigenvalue weighted by Crippen LogP contribution is 2.31. The number of hydrogen-bond donors (Lipinski definition) is 1. The summed E-state index contributed by atoms with van der Waals surface area (Å²) in [6, 6.07) is 9.40. The largest absolute Gasteiger partial charge is 0.490 e. The van der Waals surface area contributed by atoms with Gasteiger partial charge in [0, 0.05) is 11.6 Å². The Kier molecular flexibility index (Phi) is 6.21. The Labute approximate surface area is 144 Å². The number of rotatable bonds is 7. The molecule has 0 aliphatic heterocycles. The predicted octanol–water partition coefficient (Wildman–Crippen LogP) is 4.55. The van der Waals surface area contributed by atoms with Crippen LogP contribution in [-0.2, 0) is 11.4 Å². The summed E-state index contributed by atoms with van der Waals surface area (Å²) in [7, 11) is 0. The molecule has 0 aliphatic rings. The van der Waals surface area contributed by atoms with E-state index >= 15 is 0 Å². The van der Waals surface area contributed by atoms with Crippen molar-refractivity contribution in [2.75, 3.05) is 6.61 Å². The van der Waals surface area contributed by atoms with Gasteiger partial charge in [-0.3, -0.25) is 0 Å². The number of carbonyl (C=O) groups is 1. The van der Waals surface area contributed by atoms with Crippen LogP contribution in [0.2, 0.25) is 5.02 Å². The zero-order chi connectivity index (χ0) is 17.5. The molecule has 0 heterocycles. The van der Waals surface area contributed by atoms with Crippen LogP contribution in [0.3, 0.4) is 0 Å². The van der Waals surface area contributed by atoms with Gasteiger partial charge in [-0.1, -0.05) is 23.7 Å². The minimum absolute atomic E-state index is 0.0457. The van der Waals surface area contributed by atoms with Gasteiger partial charge in [-0.25, -0.2) is 9.18 Å². The molecule has 0 saturated carbocycles. The first-order chi connectivity index (χ1) is 11.5. The summed E-state index contributed by atoms with van der Waals surface area (Å²) in [5.74, 6) is -0.620. The van der Waals surface area contributed by atoms with Gasteiger partial charge < -0.3 is 14.6 Å². The molecule has 0 unspecified atom stereocenters. The van der Waals surface area contributed by atoms with E-state index in [0.717, 1.165) is 6.08 Å². The molecule has 0 saturated heterocycles. The van der Waals surface area contributed by atoms with Gasteiger partial charge in [-0.05, 0) is 42.8 Å². The molecule has 0 radical (unpaired) electrons. The first kappa shape index (κ1) is 17.8. The van der Waals surface area contributed by atoms with E-state index in [1.54, 1.807) is 24.3 Å². The molecule has 0 aromatic heterocycles. The lowest BCUT2D eigenvalue weighted by Crippen LogP contribution is -2.02. The van der Waals surface area contributed by atoms with Crippen LogP contribution in [0, 0.1) is 5.82 Å². The van der Waals surface area contributed by atoms with Gasteiger partial charge in [0.2, 0.25) is 0 Å². The topological polar surface area (TPSA) is 55.8 Å². The summed E-state index contributed by atoms with van der Waals surface area (Å²) in [6.07, 6.45) is 2.48. The van der Waals surface area contributed by atoms with Crippen molar-refractivity contribution >= 4 is 23.6 Å². The van der Waals surface area contributed by atoms with E-state index in [-0.39, 0.29) is 17.2 Å². The number of benzene rings is 2. The summed E-state index contributed by atoms with van der Waals surface area (Å²) in [4.78, 5) is 10.6. The average molecular weight is 351 g/mol. The SMILES string of the molecule is CCOc1cc(/C=C/C(=O)O)ccc1OCc1c(F)cccc1Cl. The van der Waals surface area contributed by atoms with Crippen molar-refractivity contribution in [1.82, 2.24) is 0 Å². The van der Waals surface area contributed by atoms with E-state index in [0.29, 0.717) is 23.7 Å². The highest BCUT2D eigenvalue weighted by molar-refractivity contribution is 6.31. The molecule has 0 fully saturated rings. The molecule has 0 bridgehead atoms. The monoisotopic (exact) mass is 350 g/mol. The smallest absolute Gasteiger partial charge is 0.328 e. The van der Waals surface area contributed by atoms with Crippen molar-refractivity contribution in [2.45, 2.75) is 13.5 Å². The second-order valence-corrected chi connectivity index (χ2v) is 5.21. The van der Waals surface area contributed by atoms with E-state index in [1.165, 1.54) is 18.2 Å². The van der Waals surface area contributed by atoms with Gasteiger partial charge in [0.1, 0.15) is 12.4 Å². The summed E-state index contributed by atoms with van der Waals surface area (Å²) >= 11 is 5.98. The van der Waals surface area contributed by atoms with Crippen LogP contribution in [0.15, 0.2) is 42.5 Å². The first-order valence-corrected chi connectivity index (χ1v) is 7.62. The van der Waals surface area contributed by atoms with E-state index in [2.05, 4.69) is 0 Å². The third-order valence-corrected chi connectivity index (χ3v) is 3.47. The van der Waals surface area contributed by atoms with E-state index in [9.17, 15) is 9.18 Å². The quantitative estimate of drug-likeness (QED) is 0.744. The van der Waals surface area contributed by atoms with Crippen LogP contribution in [-0.4, -0.2) is 17.7 Å². The second kappa shape index (κ2) is 8.36. The van der Waals surface area contributed by atoms with Gasteiger partial charge in [0.15, 0.2) is 11.5 Å². The maximum atomic E-state index is 13.8. The van der Waals surface area contributed by atoms with E-state index < -0.39 is 11.8 Å². The molecule has 1 N–H and O–H groups in total. The fourth-order valence-electron chi connectivity index (χ4n) is 2.00. The number of carboxylic acids is 1. The molecule has 0 spiro atoms. The first-order valence-electron chi connectivity index (χ1n) is 7.24. The summed E-state index contributed by atoms with van der Waals surface area (Å²) in [5.41, 5.74) is 0.911. The van der Waals surface area contributed by atoms with Crippen LogP contribution in [0.25, 0.3) is 6.08 Å². The number of carboxylic acid groups (broad SMARTS) is 1. The second-order valence-electron chi connectivity index (χ2n) is 4.80. The molecule has 4 nitrogen and oxygen atoms in total. The fraction of sp³-hybridized carbons (Fsp3) is 0.167. The summed E-state index contributed by atoms with van der Waals surface area (Å²) in [5, 5.41) is 8.96. The average Bonchev–Trinajstić information content (AvgIpc) is 2.54. The minimum Gasteiger partial charge on any atom is -0.490 e. The van der Waals surface area contributed by atoms with Crippen molar-refractivity contribution in [1.29, 1.82) is 0 Å². The molecule has 2 aromatic carbocycles. The molecule has 0 aliphatic carbocycles. The highest BCUT2D eigenvalue weighted by Gasteiger charge is 2.11. The third-order valence-electron chi connectivity index (χ3n) is 3.12. The van der Waals surface area contributed by atoms with Crippen LogP contribution in [0.5, 0.6) is 11.5 Å². The van der Waals surface area contributed by atoms with Crippen LogP contribution >= 0.6 is 11.6 Å². The molecular weight excluding hydrogens is 335 g/mol. The van der Waals surface area contributed by atoms with Crippen molar-refractivity contribution in [2.24, 2.45) is 0 Å². The van der Waals surface area contributed by atoms with Crippen molar-refractivity contribution in [3.05, 3.63) is 64.4 Å². The highest BCUT2D eigenvalue weighted by atomic mass is 35.5. The zero-order valence-corrected chi connectivity index (χ0v) is 13.7. The Morgan fingerprint density at radius 1 is 1.25 bits per heavy atom. The van der Waals surface area contributed by atoms with Crippen molar-refractivity contribution < 1.29 is 23.8 Å². The maximum absolute atomic E-state index is 13.8. The zero-order valence-electron chi connectivity index (χ0n) is 13.0. The maximum Gasteiger partial charge on any atom is 0.328 e. The molecular formula is C18H16ClFO4. The van der Waals surface area contributed by atoms with Gasteiger partial charge >= 0.3 is 5.97 Å². The van der Waals surface area contributed by atoms with Crippen molar-refractivity contribution in [3.63, 3.8) is 0 Å². The van der Waals surface area contributed by atoms with Crippen molar-refractivity contribution in [3.8, 4) is 11.5 Å². The van der Waals surface area contributed by atoms with E-state index in [1.807, 2.05) is 6.92 Å². The Balaban J connectivity index is 2.21. The van der Waals surface area contributed by atoms with Gasteiger partial charge in [-0.15, -0.1) is 0 Å². The van der Waals surface area contributed by atoms with Gasteiger partial charge in [0.05, 0.1) is 11.6 Å². The van der Waals surface area contributed by atoms with Gasteiger partial charge in [-0.2, -0.15) is 0 Å². The molecule has 126 valence electrons. The number of halogens is 2. The lowest BCUT2D eigenvalue weighted by atomic mass is 10.2. The Hall–Kier alpha value is -2.53. The molecule has 2 aromatic rings. The summed E-state index contributed by atoms with van der Waals surface area (Å²) < 4.78 is 24.9. The van der Waals surface area contributed by atoms with E-state index in [4.69, 9.17) is 26.2 Å². The lowest BCUT2D eigenvalue weighted by molar-refractivity contribution is -0.131. The van der Waals surface area contributed by atoms with Crippen LogP contribution in [0.1, 0.15) is 18.1 Å². The predicted molar refractivity (Wildman–Crippen MR) is 90.0 cm³/mol. The minimum atomic E-state index is -1.04.